The van der Waals surface area contributed by atoms with E-state index < -0.39 is 10.0 Å². The summed E-state index contributed by atoms with van der Waals surface area (Å²) in [5.74, 6) is 0.00000283. The molecule has 0 aliphatic carbocycles. The molecule has 0 bridgehead atoms. The van der Waals surface area contributed by atoms with Crippen LogP contribution < -0.4 is 10.0 Å². The molecular formula is C12H15N3O3S. The third-order valence-corrected chi connectivity index (χ3v) is 4.29. The normalized spacial score (nSPS) is 11.9. The summed E-state index contributed by atoms with van der Waals surface area (Å²) in [4.78, 5) is 4.17. The summed E-state index contributed by atoms with van der Waals surface area (Å²) in [7, 11) is -0.545. The Balaban J connectivity index is 2.86. The molecular weight excluding hydrogens is 266 g/mol. The predicted octanol–water partition coefficient (Wildman–Crippen LogP) is 0.568. The van der Waals surface area contributed by atoms with Gasteiger partial charge in [0.15, 0.2) is 0 Å². The van der Waals surface area contributed by atoms with Gasteiger partial charge in [0.2, 0.25) is 10.0 Å². The minimum Gasteiger partial charge on any atom is -0.505 e. The molecule has 0 spiro atoms. The zero-order valence-corrected chi connectivity index (χ0v) is 11.5. The molecule has 0 radical (unpaired) electrons. The smallest absolute Gasteiger partial charge is 0.241 e. The van der Waals surface area contributed by atoms with E-state index in [1.165, 1.54) is 19.3 Å². The fourth-order valence-electron chi connectivity index (χ4n) is 1.91. The number of hydrogen-bond acceptors (Lipinski definition) is 5. The number of sulfonamides is 1. The van der Waals surface area contributed by atoms with Crippen LogP contribution in [0.5, 0.6) is 5.75 Å². The average molecular weight is 281 g/mol. The van der Waals surface area contributed by atoms with E-state index in [9.17, 15) is 13.5 Å². The largest absolute Gasteiger partial charge is 0.505 e. The lowest BCUT2D eigenvalue weighted by Crippen LogP contribution is -2.19. The zero-order valence-electron chi connectivity index (χ0n) is 10.6. The number of pyridine rings is 1. The maximum absolute atomic E-state index is 12.0. The van der Waals surface area contributed by atoms with Gasteiger partial charge in [-0.3, -0.25) is 4.98 Å². The molecule has 0 atom stereocenters. The molecule has 3 N–H and O–H groups in total. The zero-order chi connectivity index (χ0) is 14.0. The number of benzene rings is 1. The van der Waals surface area contributed by atoms with Gasteiger partial charge >= 0.3 is 0 Å². The maximum Gasteiger partial charge on any atom is 0.241 e. The first-order valence-corrected chi connectivity index (χ1v) is 7.17. The molecule has 102 valence electrons. The maximum atomic E-state index is 12.0. The number of nitrogens with one attached hydrogen (secondary N) is 2. The molecule has 19 heavy (non-hydrogen) atoms. The highest BCUT2D eigenvalue weighted by molar-refractivity contribution is 7.89. The topological polar surface area (TPSA) is 91.3 Å². The number of fused-ring (bicyclic) bond motifs is 1. The molecule has 0 unspecified atom stereocenters. The van der Waals surface area contributed by atoms with E-state index in [1.54, 1.807) is 19.2 Å². The quantitative estimate of drug-likeness (QED) is 0.762. The summed E-state index contributed by atoms with van der Waals surface area (Å²) in [6.07, 6.45) is 1.51. The Morgan fingerprint density at radius 3 is 2.74 bits per heavy atom. The van der Waals surface area contributed by atoms with E-state index >= 15 is 0 Å². The number of aromatic nitrogens is 1. The predicted molar refractivity (Wildman–Crippen MR) is 72.4 cm³/mol. The van der Waals surface area contributed by atoms with E-state index in [4.69, 9.17) is 0 Å². The SMILES string of the molecule is CNCc1cc(S(=O)(=O)NC)c2cccnc2c1O. The number of phenols is 1. The number of rotatable bonds is 4. The minimum atomic E-state index is -3.61. The number of hydrogen-bond donors (Lipinski definition) is 3. The Labute approximate surface area is 111 Å². The van der Waals surface area contributed by atoms with Crippen LogP contribution in [0.2, 0.25) is 0 Å². The highest BCUT2D eigenvalue weighted by Gasteiger charge is 2.20. The Hall–Kier alpha value is -1.70. The van der Waals surface area contributed by atoms with E-state index in [-0.39, 0.29) is 16.2 Å². The van der Waals surface area contributed by atoms with Gasteiger partial charge in [0.25, 0.3) is 0 Å². The Morgan fingerprint density at radius 1 is 1.37 bits per heavy atom. The first-order chi connectivity index (χ1) is 9.01. The van der Waals surface area contributed by atoms with Gasteiger partial charge in [0, 0.05) is 23.7 Å². The van der Waals surface area contributed by atoms with Crippen LogP contribution in [-0.2, 0) is 16.6 Å². The van der Waals surface area contributed by atoms with Crippen LogP contribution in [0.25, 0.3) is 10.9 Å². The van der Waals surface area contributed by atoms with Crippen molar-refractivity contribution in [2.24, 2.45) is 0 Å². The second-order valence-corrected chi connectivity index (χ2v) is 5.87. The highest BCUT2D eigenvalue weighted by Crippen LogP contribution is 2.32. The number of aromatic hydroxyl groups is 1. The molecule has 2 aromatic rings. The molecule has 0 amide bonds. The van der Waals surface area contributed by atoms with Gasteiger partial charge in [-0.1, -0.05) is 0 Å². The molecule has 0 saturated heterocycles. The summed E-state index contributed by atoms with van der Waals surface area (Å²) in [5, 5.41) is 13.4. The van der Waals surface area contributed by atoms with Crippen molar-refractivity contribution in [3.63, 3.8) is 0 Å². The van der Waals surface area contributed by atoms with Gasteiger partial charge in [-0.25, -0.2) is 13.1 Å². The van der Waals surface area contributed by atoms with E-state index in [0.29, 0.717) is 17.5 Å². The fourth-order valence-corrected chi connectivity index (χ4v) is 2.88. The summed E-state index contributed by atoms with van der Waals surface area (Å²) in [5.41, 5.74) is 0.770. The standard InChI is InChI=1S/C12H15N3O3S/c1-13-7-8-6-10(19(17,18)14-2)9-4-3-5-15-11(9)12(8)16/h3-6,13-14,16H,7H2,1-2H3. The molecule has 1 aromatic carbocycles. The van der Waals surface area contributed by atoms with E-state index in [2.05, 4.69) is 15.0 Å². The molecule has 0 saturated carbocycles. The van der Waals surface area contributed by atoms with E-state index in [1.807, 2.05) is 0 Å². The van der Waals surface area contributed by atoms with Crippen molar-refractivity contribution in [2.75, 3.05) is 14.1 Å². The monoisotopic (exact) mass is 281 g/mol. The number of phenolic OH excluding ortho intramolecular Hbond substituents is 1. The fraction of sp³-hybridized carbons (Fsp3) is 0.250. The molecule has 7 heteroatoms. The molecule has 0 aliphatic rings. The van der Waals surface area contributed by atoms with Crippen molar-refractivity contribution < 1.29 is 13.5 Å². The van der Waals surface area contributed by atoms with Crippen LogP contribution in [0.15, 0.2) is 29.3 Å². The molecule has 1 aromatic heterocycles. The molecule has 0 aliphatic heterocycles. The van der Waals surface area contributed by atoms with Crippen LogP contribution in [0.1, 0.15) is 5.56 Å². The highest BCUT2D eigenvalue weighted by atomic mass is 32.2. The van der Waals surface area contributed by atoms with Crippen LogP contribution >= 0.6 is 0 Å². The first-order valence-electron chi connectivity index (χ1n) is 5.69. The van der Waals surface area contributed by atoms with Gasteiger partial charge in [0.05, 0.1) is 4.90 Å². The molecule has 1 heterocycles. The van der Waals surface area contributed by atoms with Crippen molar-refractivity contribution >= 4 is 20.9 Å². The average Bonchev–Trinajstić information content (AvgIpc) is 2.42. The summed E-state index contributed by atoms with van der Waals surface area (Å²) >= 11 is 0. The summed E-state index contributed by atoms with van der Waals surface area (Å²) < 4.78 is 26.4. The summed E-state index contributed by atoms with van der Waals surface area (Å²) in [6, 6.07) is 4.71. The third kappa shape index (κ3) is 2.40. The van der Waals surface area contributed by atoms with Gasteiger partial charge in [-0.05, 0) is 32.3 Å². The third-order valence-electron chi connectivity index (χ3n) is 2.83. The van der Waals surface area contributed by atoms with Gasteiger partial charge in [0.1, 0.15) is 11.3 Å². The van der Waals surface area contributed by atoms with Crippen molar-refractivity contribution in [3.8, 4) is 5.75 Å². The number of nitrogens with zero attached hydrogens (tertiary/aromatic N) is 1. The van der Waals surface area contributed by atoms with Crippen molar-refractivity contribution in [3.05, 3.63) is 30.0 Å². The van der Waals surface area contributed by atoms with Crippen LogP contribution in [0.3, 0.4) is 0 Å². The van der Waals surface area contributed by atoms with E-state index in [0.717, 1.165) is 0 Å². The molecule has 0 fully saturated rings. The van der Waals surface area contributed by atoms with Gasteiger partial charge in [-0.2, -0.15) is 0 Å². The minimum absolute atomic E-state index is 0.00000283. The van der Waals surface area contributed by atoms with Crippen molar-refractivity contribution in [1.82, 2.24) is 15.0 Å². The van der Waals surface area contributed by atoms with Crippen LogP contribution in [-0.4, -0.2) is 32.6 Å². The van der Waals surface area contributed by atoms with Crippen molar-refractivity contribution in [2.45, 2.75) is 11.4 Å². The Bertz CT molecular complexity index is 713. The van der Waals surface area contributed by atoms with Crippen LogP contribution in [0, 0.1) is 0 Å². The van der Waals surface area contributed by atoms with Crippen LogP contribution in [0.4, 0.5) is 0 Å². The second-order valence-electron chi connectivity index (χ2n) is 4.02. The lowest BCUT2D eigenvalue weighted by Gasteiger charge is -2.12. The molecule has 2 rings (SSSR count). The lowest BCUT2D eigenvalue weighted by atomic mass is 10.1. The lowest BCUT2D eigenvalue weighted by molar-refractivity contribution is 0.471. The summed E-state index contributed by atoms with van der Waals surface area (Å²) in [6.45, 7) is 0.352. The first kappa shape index (κ1) is 13.7. The van der Waals surface area contributed by atoms with Gasteiger partial charge in [-0.15, -0.1) is 0 Å². The van der Waals surface area contributed by atoms with Gasteiger partial charge < -0.3 is 10.4 Å². The van der Waals surface area contributed by atoms with Crippen molar-refractivity contribution in [1.29, 1.82) is 0 Å². The Morgan fingerprint density at radius 2 is 2.11 bits per heavy atom. The molecule has 6 nitrogen and oxygen atoms in total. The second kappa shape index (κ2) is 5.12. The Kier molecular flexibility index (Phi) is 3.70.